The highest BCUT2D eigenvalue weighted by atomic mass is 35.5. The minimum atomic E-state index is 0.226. The molecular formula is C15H21ClN4. The molecule has 2 rings (SSSR count). The Morgan fingerprint density at radius 3 is 2.80 bits per heavy atom. The first-order valence-electron chi connectivity index (χ1n) is 6.93. The van der Waals surface area contributed by atoms with Gasteiger partial charge >= 0.3 is 0 Å². The zero-order valence-electron chi connectivity index (χ0n) is 12.2. The van der Waals surface area contributed by atoms with Crippen LogP contribution in [0.5, 0.6) is 0 Å². The van der Waals surface area contributed by atoms with Crippen LogP contribution in [0.4, 0.5) is 0 Å². The summed E-state index contributed by atoms with van der Waals surface area (Å²) < 4.78 is 1.91. The van der Waals surface area contributed by atoms with Gasteiger partial charge in [0.25, 0.3) is 0 Å². The number of aryl methyl sites for hydroxylation is 1. The van der Waals surface area contributed by atoms with E-state index in [1.54, 1.807) is 12.4 Å². The van der Waals surface area contributed by atoms with Crippen molar-refractivity contribution in [3.05, 3.63) is 46.5 Å². The van der Waals surface area contributed by atoms with Crippen LogP contribution in [0.15, 0.2) is 24.7 Å². The smallest absolute Gasteiger partial charge is 0.0622 e. The summed E-state index contributed by atoms with van der Waals surface area (Å²) in [5.74, 6) is 0. The molecule has 0 aliphatic carbocycles. The van der Waals surface area contributed by atoms with E-state index >= 15 is 0 Å². The van der Waals surface area contributed by atoms with E-state index in [0.29, 0.717) is 0 Å². The monoisotopic (exact) mass is 292 g/mol. The lowest BCUT2D eigenvalue weighted by atomic mass is 10.00. The Hall–Kier alpha value is -1.39. The van der Waals surface area contributed by atoms with Gasteiger partial charge in [0, 0.05) is 36.7 Å². The normalized spacial score (nSPS) is 12.6. The molecule has 2 aromatic heterocycles. The standard InChI is InChI=1S/C15H21ClN4/c1-4-6-18-15(13-9-19-20(3)11(13)2)8-12-5-7-17-10-14(12)16/h5,7,9-10,15,18H,4,6,8H2,1-3H3. The second-order valence-electron chi connectivity index (χ2n) is 4.99. The van der Waals surface area contributed by atoms with Crippen LogP contribution in [0.3, 0.4) is 0 Å². The van der Waals surface area contributed by atoms with Crippen molar-refractivity contribution in [1.29, 1.82) is 0 Å². The summed E-state index contributed by atoms with van der Waals surface area (Å²) in [7, 11) is 1.97. The van der Waals surface area contributed by atoms with Crippen LogP contribution in [-0.4, -0.2) is 21.3 Å². The van der Waals surface area contributed by atoms with Gasteiger partial charge in [-0.25, -0.2) is 0 Å². The number of hydrogen-bond acceptors (Lipinski definition) is 3. The van der Waals surface area contributed by atoms with Crippen molar-refractivity contribution < 1.29 is 0 Å². The van der Waals surface area contributed by atoms with E-state index in [1.807, 2.05) is 24.0 Å². The molecule has 5 heteroatoms. The van der Waals surface area contributed by atoms with Gasteiger partial charge < -0.3 is 5.32 Å². The predicted molar refractivity (Wildman–Crippen MR) is 81.9 cm³/mol. The summed E-state index contributed by atoms with van der Waals surface area (Å²) in [6, 6.07) is 2.21. The van der Waals surface area contributed by atoms with Crippen molar-refractivity contribution in [1.82, 2.24) is 20.1 Å². The first-order chi connectivity index (χ1) is 9.63. The fraction of sp³-hybridized carbons (Fsp3) is 0.467. The summed E-state index contributed by atoms with van der Waals surface area (Å²) in [6.45, 7) is 5.23. The van der Waals surface area contributed by atoms with E-state index in [-0.39, 0.29) is 6.04 Å². The van der Waals surface area contributed by atoms with Crippen LogP contribution >= 0.6 is 11.6 Å². The Kier molecular flexibility index (Phi) is 5.15. The van der Waals surface area contributed by atoms with E-state index in [4.69, 9.17) is 11.6 Å². The van der Waals surface area contributed by atoms with E-state index < -0.39 is 0 Å². The highest BCUT2D eigenvalue weighted by molar-refractivity contribution is 6.31. The van der Waals surface area contributed by atoms with E-state index in [1.165, 1.54) is 11.3 Å². The number of aromatic nitrogens is 3. The largest absolute Gasteiger partial charge is 0.310 e. The maximum atomic E-state index is 6.22. The average molecular weight is 293 g/mol. The molecular weight excluding hydrogens is 272 g/mol. The minimum absolute atomic E-state index is 0.226. The fourth-order valence-corrected chi connectivity index (χ4v) is 2.45. The van der Waals surface area contributed by atoms with Crippen LogP contribution in [0.25, 0.3) is 0 Å². The van der Waals surface area contributed by atoms with Gasteiger partial charge in [-0.1, -0.05) is 18.5 Å². The molecule has 1 atom stereocenters. The van der Waals surface area contributed by atoms with Gasteiger partial charge in [0.1, 0.15) is 0 Å². The molecule has 0 aliphatic rings. The van der Waals surface area contributed by atoms with Crippen molar-refractivity contribution >= 4 is 11.6 Å². The molecule has 20 heavy (non-hydrogen) atoms. The zero-order chi connectivity index (χ0) is 14.5. The summed E-state index contributed by atoms with van der Waals surface area (Å²) in [5.41, 5.74) is 3.52. The van der Waals surface area contributed by atoms with E-state index in [2.05, 4.69) is 29.2 Å². The van der Waals surface area contributed by atoms with Crippen molar-refractivity contribution in [3.8, 4) is 0 Å². The lowest BCUT2D eigenvalue weighted by molar-refractivity contribution is 0.526. The van der Waals surface area contributed by atoms with Crippen molar-refractivity contribution in [2.45, 2.75) is 32.7 Å². The number of pyridine rings is 1. The topological polar surface area (TPSA) is 42.7 Å². The number of nitrogens with zero attached hydrogens (tertiary/aromatic N) is 3. The molecule has 0 amide bonds. The average Bonchev–Trinajstić information content (AvgIpc) is 2.77. The lowest BCUT2D eigenvalue weighted by Crippen LogP contribution is -2.24. The van der Waals surface area contributed by atoms with Gasteiger partial charge in [0.05, 0.1) is 11.2 Å². The number of rotatable bonds is 6. The van der Waals surface area contributed by atoms with E-state index in [0.717, 1.165) is 30.0 Å². The second kappa shape index (κ2) is 6.86. The molecule has 0 radical (unpaired) electrons. The Morgan fingerprint density at radius 2 is 2.20 bits per heavy atom. The molecule has 1 N–H and O–H groups in total. The van der Waals surface area contributed by atoms with Crippen LogP contribution in [0, 0.1) is 6.92 Å². The van der Waals surface area contributed by atoms with Crippen molar-refractivity contribution in [2.24, 2.45) is 7.05 Å². The van der Waals surface area contributed by atoms with Gasteiger partial charge in [0.15, 0.2) is 0 Å². The SMILES string of the molecule is CCCNC(Cc1ccncc1Cl)c1cnn(C)c1C. The van der Waals surface area contributed by atoms with Gasteiger partial charge in [0.2, 0.25) is 0 Å². The molecule has 2 aromatic rings. The highest BCUT2D eigenvalue weighted by Gasteiger charge is 2.17. The molecule has 4 nitrogen and oxygen atoms in total. The third kappa shape index (κ3) is 3.38. The number of nitrogens with one attached hydrogen (secondary N) is 1. The molecule has 0 aromatic carbocycles. The molecule has 2 heterocycles. The third-order valence-corrected chi connectivity index (χ3v) is 3.91. The lowest BCUT2D eigenvalue weighted by Gasteiger charge is -2.19. The Morgan fingerprint density at radius 1 is 1.40 bits per heavy atom. The molecule has 0 saturated carbocycles. The summed E-state index contributed by atoms with van der Waals surface area (Å²) in [5, 5.41) is 8.64. The summed E-state index contributed by atoms with van der Waals surface area (Å²) >= 11 is 6.22. The summed E-state index contributed by atoms with van der Waals surface area (Å²) in [6.07, 6.45) is 7.36. The van der Waals surface area contributed by atoms with Crippen LogP contribution < -0.4 is 5.32 Å². The maximum Gasteiger partial charge on any atom is 0.0622 e. The Bertz CT molecular complexity index is 565. The predicted octanol–water partition coefficient (Wildman–Crippen LogP) is 3.06. The number of halogens is 1. The zero-order valence-corrected chi connectivity index (χ0v) is 13.0. The minimum Gasteiger partial charge on any atom is -0.310 e. The molecule has 1 unspecified atom stereocenters. The van der Waals surface area contributed by atoms with Crippen molar-refractivity contribution in [3.63, 3.8) is 0 Å². The fourth-order valence-electron chi connectivity index (χ4n) is 2.26. The molecule has 0 bridgehead atoms. The molecule has 0 saturated heterocycles. The first kappa shape index (κ1) is 15.0. The maximum absolute atomic E-state index is 6.22. The first-order valence-corrected chi connectivity index (χ1v) is 7.31. The molecule has 0 fully saturated rings. The Labute approximate surface area is 125 Å². The molecule has 108 valence electrons. The molecule has 0 aliphatic heterocycles. The van der Waals surface area contributed by atoms with Crippen LogP contribution in [0.2, 0.25) is 5.02 Å². The van der Waals surface area contributed by atoms with Gasteiger partial charge in [-0.15, -0.1) is 0 Å². The quantitative estimate of drug-likeness (QED) is 0.890. The number of hydrogen-bond donors (Lipinski definition) is 1. The summed E-state index contributed by atoms with van der Waals surface area (Å²) in [4.78, 5) is 4.04. The second-order valence-corrected chi connectivity index (χ2v) is 5.39. The van der Waals surface area contributed by atoms with Crippen LogP contribution in [0.1, 0.15) is 36.2 Å². The Balaban J connectivity index is 2.24. The highest BCUT2D eigenvalue weighted by Crippen LogP contribution is 2.24. The van der Waals surface area contributed by atoms with Gasteiger partial charge in [-0.05, 0) is 37.9 Å². The van der Waals surface area contributed by atoms with Gasteiger partial charge in [-0.3, -0.25) is 9.67 Å². The van der Waals surface area contributed by atoms with E-state index in [9.17, 15) is 0 Å². The van der Waals surface area contributed by atoms with Gasteiger partial charge in [-0.2, -0.15) is 5.10 Å². The van der Waals surface area contributed by atoms with Crippen LogP contribution in [-0.2, 0) is 13.5 Å². The van der Waals surface area contributed by atoms with Crippen molar-refractivity contribution in [2.75, 3.05) is 6.54 Å². The third-order valence-electron chi connectivity index (χ3n) is 3.57. The molecule has 0 spiro atoms.